The van der Waals surface area contributed by atoms with Crippen molar-refractivity contribution in [2.75, 3.05) is 0 Å². The molecule has 2 aromatic carbocycles. The van der Waals surface area contributed by atoms with E-state index in [0.29, 0.717) is 10.6 Å². The SMILES string of the molecule is CC(C)Oc1ccc(C(=O)N/N=C\c2ccccc2Cl)cc1. The Morgan fingerprint density at radius 3 is 2.50 bits per heavy atom. The van der Waals surface area contributed by atoms with E-state index in [9.17, 15) is 4.79 Å². The standard InChI is InChI=1S/C17H17ClN2O2/c1-12(2)22-15-9-7-13(8-10-15)17(21)20-19-11-14-5-3-4-6-16(14)18/h3-12H,1-2H3,(H,20,21)/b19-11-. The Bertz CT molecular complexity index is 667. The van der Waals surface area contributed by atoms with Crippen LogP contribution in [0.3, 0.4) is 0 Å². The van der Waals surface area contributed by atoms with Crippen molar-refractivity contribution in [3.8, 4) is 5.75 Å². The van der Waals surface area contributed by atoms with Gasteiger partial charge < -0.3 is 4.74 Å². The van der Waals surface area contributed by atoms with Gasteiger partial charge in [0.25, 0.3) is 5.91 Å². The monoisotopic (exact) mass is 316 g/mol. The molecular weight excluding hydrogens is 300 g/mol. The normalized spacial score (nSPS) is 10.9. The molecule has 0 bridgehead atoms. The molecule has 22 heavy (non-hydrogen) atoms. The van der Waals surface area contributed by atoms with Gasteiger partial charge in [-0.15, -0.1) is 0 Å². The van der Waals surface area contributed by atoms with E-state index in [1.165, 1.54) is 6.21 Å². The van der Waals surface area contributed by atoms with Crippen molar-refractivity contribution in [2.45, 2.75) is 20.0 Å². The number of benzene rings is 2. The van der Waals surface area contributed by atoms with E-state index >= 15 is 0 Å². The molecule has 1 amide bonds. The minimum absolute atomic E-state index is 0.0971. The van der Waals surface area contributed by atoms with Gasteiger partial charge in [-0.1, -0.05) is 29.8 Å². The Morgan fingerprint density at radius 2 is 1.86 bits per heavy atom. The highest BCUT2D eigenvalue weighted by atomic mass is 35.5. The van der Waals surface area contributed by atoms with Gasteiger partial charge in [-0.05, 0) is 44.2 Å². The Kier molecular flexibility index (Phi) is 5.55. The minimum Gasteiger partial charge on any atom is -0.491 e. The summed E-state index contributed by atoms with van der Waals surface area (Å²) in [7, 11) is 0. The Hall–Kier alpha value is -2.33. The second-order valence-electron chi connectivity index (χ2n) is 4.91. The van der Waals surface area contributed by atoms with Gasteiger partial charge in [0, 0.05) is 16.1 Å². The van der Waals surface area contributed by atoms with Crippen LogP contribution in [-0.2, 0) is 0 Å². The lowest BCUT2D eigenvalue weighted by Gasteiger charge is -2.09. The summed E-state index contributed by atoms with van der Waals surface area (Å²) in [5, 5.41) is 4.49. The van der Waals surface area contributed by atoms with Crippen molar-refractivity contribution in [1.82, 2.24) is 5.43 Å². The quantitative estimate of drug-likeness (QED) is 0.672. The molecule has 0 aliphatic carbocycles. The molecule has 0 aromatic heterocycles. The van der Waals surface area contributed by atoms with Gasteiger partial charge in [-0.3, -0.25) is 4.79 Å². The number of hydrazone groups is 1. The molecule has 0 saturated carbocycles. The fourth-order valence-electron chi connectivity index (χ4n) is 1.76. The largest absolute Gasteiger partial charge is 0.491 e. The van der Waals surface area contributed by atoms with Crippen LogP contribution in [-0.4, -0.2) is 18.2 Å². The van der Waals surface area contributed by atoms with Crippen LogP contribution in [0, 0.1) is 0 Å². The second kappa shape index (κ2) is 7.61. The molecule has 5 heteroatoms. The molecule has 0 saturated heterocycles. The average molecular weight is 317 g/mol. The number of amides is 1. The summed E-state index contributed by atoms with van der Waals surface area (Å²) in [5.74, 6) is 0.436. The van der Waals surface area contributed by atoms with Crippen LogP contribution in [0.15, 0.2) is 53.6 Å². The van der Waals surface area contributed by atoms with Gasteiger partial charge >= 0.3 is 0 Å². The summed E-state index contributed by atoms with van der Waals surface area (Å²) in [6.45, 7) is 3.90. The minimum atomic E-state index is -0.292. The molecule has 0 fully saturated rings. The number of halogens is 1. The molecule has 0 unspecified atom stereocenters. The highest BCUT2D eigenvalue weighted by Crippen LogP contribution is 2.14. The Morgan fingerprint density at radius 1 is 1.18 bits per heavy atom. The van der Waals surface area contributed by atoms with E-state index in [2.05, 4.69) is 10.5 Å². The Labute approximate surface area is 134 Å². The number of nitrogens with one attached hydrogen (secondary N) is 1. The van der Waals surface area contributed by atoms with Gasteiger partial charge in [-0.25, -0.2) is 5.43 Å². The van der Waals surface area contributed by atoms with E-state index in [1.54, 1.807) is 30.3 Å². The lowest BCUT2D eigenvalue weighted by atomic mass is 10.2. The van der Waals surface area contributed by atoms with Crippen LogP contribution in [0.2, 0.25) is 5.02 Å². The van der Waals surface area contributed by atoms with E-state index < -0.39 is 0 Å². The molecule has 0 atom stereocenters. The molecule has 114 valence electrons. The first-order chi connectivity index (χ1) is 10.6. The van der Waals surface area contributed by atoms with Crippen molar-refractivity contribution in [1.29, 1.82) is 0 Å². The third kappa shape index (κ3) is 4.60. The van der Waals surface area contributed by atoms with E-state index in [1.807, 2.05) is 32.0 Å². The van der Waals surface area contributed by atoms with Crippen LogP contribution in [0.4, 0.5) is 0 Å². The van der Waals surface area contributed by atoms with Crippen LogP contribution in [0.25, 0.3) is 0 Å². The molecule has 0 spiro atoms. The zero-order valence-corrected chi connectivity index (χ0v) is 13.2. The summed E-state index contributed by atoms with van der Waals surface area (Å²) in [5.41, 5.74) is 3.71. The molecule has 1 N–H and O–H groups in total. The second-order valence-corrected chi connectivity index (χ2v) is 5.32. The molecule has 0 radical (unpaired) electrons. The lowest BCUT2D eigenvalue weighted by molar-refractivity contribution is 0.0955. The predicted octanol–water partition coefficient (Wildman–Crippen LogP) is 3.89. The maximum Gasteiger partial charge on any atom is 0.271 e. The van der Waals surface area contributed by atoms with E-state index in [0.717, 1.165) is 11.3 Å². The lowest BCUT2D eigenvalue weighted by Crippen LogP contribution is -2.17. The summed E-state index contributed by atoms with van der Waals surface area (Å²) in [6.07, 6.45) is 1.61. The van der Waals surface area contributed by atoms with E-state index in [-0.39, 0.29) is 12.0 Å². The average Bonchev–Trinajstić information content (AvgIpc) is 2.49. The number of hydrogen-bond acceptors (Lipinski definition) is 3. The molecule has 2 rings (SSSR count). The Balaban J connectivity index is 1.96. The third-order valence-electron chi connectivity index (χ3n) is 2.76. The molecule has 4 nitrogen and oxygen atoms in total. The number of rotatable bonds is 5. The highest BCUT2D eigenvalue weighted by Gasteiger charge is 2.05. The van der Waals surface area contributed by atoms with Crippen molar-refractivity contribution >= 4 is 23.7 Å². The van der Waals surface area contributed by atoms with Gasteiger partial charge in [0.15, 0.2) is 0 Å². The fraction of sp³-hybridized carbons (Fsp3) is 0.176. The summed E-state index contributed by atoms with van der Waals surface area (Å²) in [6, 6.07) is 14.2. The molecule has 0 heterocycles. The van der Waals surface area contributed by atoms with Crippen molar-refractivity contribution in [3.63, 3.8) is 0 Å². The molecule has 0 aliphatic rings. The van der Waals surface area contributed by atoms with Crippen molar-refractivity contribution in [3.05, 3.63) is 64.7 Å². The topological polar surface area (TPSA) is 50.7 Å². The first-order valence-electron chi connectivity index (χ1n) is 6.91. The summed E-state index contributed by atoms with van der Waals surface area (Å²) >= 11 is 6.00. The number of nitrogens with zero attached hydrogens (tertiary/aromatic N) is 1. The molecular formula is C17H17ClN2O2. The van der Waals surface area contributed by atoms with Gasteiger partial charge in [0.05, 0.1) is 12.3 Å². The van der Waals surface area contributed by atoms with Crippen LogP contribution in [0.5, 0.6) is 5.75 Å². The van der Waals surface area contributed by atoms with Crippen LogP contribution >= 0.6 is 11.6 Å². The predicted molar refractivity (Wildman–Crippen MR) is 88.7 cm³/mol. The smallest absolute Gasteiger partial charge is 0.271 e. The van der Waals surface area contributed by atoms with Crippen molar-refractivity contribution in [2.24, 2.45) is 5.10 Å². The maximum absolute atomic E-state index is 12.0. The summed E-state index contributed by atoms with van der Waals surface area (Å²) < 4.78 is 5.53. The summed E-state index contributed by atoms with van der Waals surface area (Å²) in [4.78, 5) is 12.0. The maximum atomic E-state index is 12.0. The van der Waals surface area contributed by atoms with Gasteiger partial charge in [0.2, 0.25) is 0 Å². The van der Waals surface area contributed by atoms with Gasteiger partial charge in [0.1, 0.15) is 5.75 Å². The van der Waals surface area contributed by atoms with Gasteiger partial charge in [-0.2, -0.15) is 5.10 Å². The molecule has 0 aliphatic heterocycles. The number of hydrogen-bond donors (Lipinski definition) is 1. The number of carbonyl (C=O) groups is 1. The fourth-order valence-corrected chi connectivity index (χ4v) is 1.95. The van der Waals surface area contributed by atoms with Crippen LogP contribution in [0.1, 0.15) is 29.8 Å². The number of ether oxygens (including phenoxy) is 1. The van der Waals surface area contributed by atoms with E-state index in [4.69, 9.17) is 16.3 Å². The zero-order valence-electron chi connectivity index (χ0n) is 12.4. The molecule has 2 aromatic rings. The first-order valence-corrected chi connectivity index (χ1v) is 7.28. The number of carbonyl (C=O) groups excluding carboxylic acids is 1. The highest BCUT2D eigenvalue weighted by molar-refractivity contribution is 6.33. The first kappa shape index (κ1) is 16.0. The zero-order chi connectivity index (χ0) is 15.9. The van der Waals surface area contributed by atoms with Crippen LogP contribution < -0.4 is 10.2 Å². The van der Waals surface area contributed by atoms with Crippen molar-refractivity contribution < 1.29 is 9.53 Å². The third-order valence-corrected chi connectivity index (χ3v) is 3.11.